The van der Waals surface area contributed by atoms with Gasteiger partial charge < -0.3 is 28.4 Å². The second-order valence-electron chi connectivity index (χ2n) is 14.3. The Labute approximate surface area is 301 Å². The third kappa shape index (κ3) is 8.18. The fourth-order valence-corrected chi connectivity index (χ4v) is 7.60. The highest BCUT2D eigenvalue weighted by Crippen LogP contribution is 2.31. The summed E-state index contributed by atoms with van der Waals surface area (Å²) in [6, 6.07) is 26.6. The Morgan fingerprint density at radius 1 is 0.255 bits per heavy atom. The zero-order chi connectivity index (χ0) is 35.5. The highest BCUT2D eigenvalue weighted by molar-refractivity contribution is 5.91. The van der Waals surface area contributed by atoms with Crippen LogP contribution < -0.4 is 0 Å². The molecule has 6 nitrogen and oxygen atoms in total. The molecule has 0 radical (unpaired) electrons. The molecule has 0 aromatic heterocycles. The molecule has 0 spiro atoms. The highest BCUT2D eigenvalue weighted by atomic mass is 16.7. The zero-order valence-corrected chi connectivity index (χ0v) is 30.7. The van der Waals surface area contributed by atoms with E-state index in [9.17, 15) is 0 Å². The minimum Gasteiger partial charge on any atom is -0.351 e. The van der Waals surface area contributed by atoms with Crippen molar-refractivity contribution in [3.63, 3.8) is 0 Å². The average Bonchev–Trinajstić information content (AvgIpc) is 3.08. The summed E-state index contributed by atoms with van der Waals surface area (Å²) >= 11 is 0. The van der Waals surface area contributed by atoms with Gasteiger partial charge in [0.1, 0.15) is 20.4 Å². The van der Waals surface area contributed by atoms with Crippen LogP contribution in [0.5, 0.6) is 0 Å². The van der Waals surface area contributed by atoms with Crippen molar-refractivity contribution < 1.29 is 28.4 Å². The van der Waals surface area contributed by atoms with Gasteiger partial charge in [-0.15, -0.1) is 0 Å². The number of aryl methyl sites for hydroxylation is 6. The van der Waals surface area contributed by atoms with Crippen LogP contribution in [0.25, 0.3) is 32.3 Å². The zero-order valence-electron chi connectivity index (χ0n) is 30.7. The van der Waals surface area contributed by atoms with E-state index >= 15 is 0 Å². The van der Waals surface area contributed by atoms with Crippen molar-refractivity contribution in [1.29, 1.82) is 0 Å². The van der Waals surface area contributed by atoms with Crippen LogP contribution in [0.1, 0.15) is 66.8 Å². The summed E-state index contributed by atoms with van der Waals surface area (Å²) in [6.45, 7) is 16.1. The van der Waals surface area contributed by atoms with Gasteiger partial charge in [0.2, 0.25) is 0 Å². The lowest BCUT2D eigenvalue weighted by Gasteiger charge is -2.16. The van der Waals surface area contributed by atoms with Crippen molar-refractivity contribution in [2.24, 2.45) is 0 Å². The van der Waals surface area contributed by atoms with Crippen molar-refractivity contribution in [2.75, 3.05) is 20.4 Å². The summed E-state index contributed by atoms with van der Waals surface area (Å²) in [5.41, 5.74) is 13.9. The Morgan fingerprint density at radius 3 is 0.569 bits per heavy atom. The lowest BCUT2D eigenvalue weighted by molar-refractivity contribution is -0.0687. The average molecular weight is 685 g/mol. The maximum absolute atomic E-state index is 6.14. The maximum atomic E-state index is 6.14. The second-order valence-corrected chi connectivity index (χ2v) is 14.3. The van der Waals surface area contributed by atoms with Gasteiger partial charge >= 0.3 is 0 Å². The quantitative estimate of drug-likeness (QED) is 0.159. The molecule has 1 aliphatic rings. The van der Waals surface area contributed by atoms with Gasteiger partial charge in [-0.3, -0.25) is 0 Å². The summed E-state index contributed by atoms with van der Waals surface area (Å²) < 4.78 is 36.8. The van der Waals surface area contributed by atoms with Gasteiger partial charge in [0.05, 0.1) is 39.6 Å². The Kier molecular flexibility index (Phi) is 10.8. The number of hydrogen-bond acceptors (Lipinski definition) is 6. The van der Waals surface area contributed by atoms with Gasteiger partial charge in [0, 0.05) is 0 Å². The molecule has 51 heavy (non-hydrogen) atoms. The Balaban J connectivity index is 1.21. The standard InChI is InChI=1S/C45H48O6/c1-28-7-34-19-46-25-48-21-36-9-30(3)16-44-38(11-32(5)15-42(36)44)23-50-27-51-24-39-12-33(6)17-43-37(10-31(4)18-45(39)43)22-49-26-47-20-35-8-29(2)14-41(34)40(35)13-28/h7-18H,19-27H2,1-6H3. The van der Waals surface area contributed by atoms with Crippen molar-refractivity contribution in [3.05, 3.63) is 140 Å². The Bertz CT molecular complexity index is 1810. The maximum Gasteiger partial charge on any atom is 0.147 e. The van der Waals surface area contributed by atoms with E-state index in [1.165, 1.54) is 65.7 Å². The molecule has 0 atom stereocenters. The molecule has 6 aromatic rings. The van der Waals surface area contributed by atoms with Gasteiger partial charge in [-0.05, 0) is 107 Å². The second kappa shape index (κ2) is 15.6. The van der Waals surface area contributed by atoms with Gasteiger partial charge in [-0.2, -0.15) is 0 Å². The van der Waals surface area contributed by atoms with E-state index in [0.717, 1.165) is 33.4 Å². The predicted molar refractivity (Wildman–Crippen MR) is 204 cm³/mol. The van der Waals surface area contributed by atoms with Crippen LogP contribution in [-0.2, 0) is 68.1 Å². The molecule has 0 N–H and O–H groups in total. The summed E-state index contributed by atoms with van der Waals surface area (Å²) in [5.74, 6) is 0. The molecule has 12 bridgehead atoms. The number of benzene rings is 6. The van der Waals surface area contributed by atoms with Gasteiger partial charge in [0.15, 0.2) is 0 Å². The van der Waals surface area contributed by atoms with Gasteiger partial charge in [0.25, 0.3) is 0 Å². The van der Waals surface area contributed by atoms with Gasteiger partial charge in [-0.25, -0.2) is 0 Å². The van der Waals surface area contributed by atoms with E-state index in [4.69, 9.17) is 28.4 Å². The number of hydrogen-bond donors (Lipinski definition) is 0. The topological polar surface area (TPSA) is 55.4 Å². The van der Waals surface area contributed by atoms with Crippen molar-refractivity contribution in [1.82, 2.24) is 0 Å². The molecule has 6 aromatic carbocycles. The fraction of sp³-hybridized carbons (Fsp3) is 0.333. The minimum atomic E-state index is 0.193. The first-order valence-corrected chi connectivity index (χ1v) is 17.8. The van der Waals surface area contributed by atoms with Crippen molar-refractivity contribution in [2.45, 2.75) is 81.2 Å². The molecule has 6 heteroatoms. The van der Waals surface area contributed by atoms with Crippen LogP contribution in [-0.4, -0.2) is 20.4 Å². The molecular formula is C45H48O6. The largest absolute Gasteiger partial charge is 0.351 e. The third-order valence-electron chi connectivity index (χ3n) is 9.64. The van der Waals surface area contributed by atoms with Crippen LogP contribution >= 0.6 is 0 Å². The number of rotatable bonds is 0. The first kappa shape index (κ1) is 35.3. The third-order valence-corrected chi connectivity index (χ3v) is 9.64. The lowest BCUT2D eigenvalue weighted by atomic mass is 9.96. The first-order chi connectivity index (χ1) is 24.7. The Morgan fingerprint density at radius 2 is 0.412 bits per heavy atom. The smallest absolute Gasteiger partial charge is 0.147 e. The highest BCUT2D eigenvalue weighted by Gasteiger charge is 2.13. The monoisotopic (exact) mass is 684 g/mol. The molecule has 0 saturated heterocycles. The lowest BCUT2D eigenvalue weighted by Crippen LogP contribution is -2.04. The molecule has 1 aliphatic heterocycles. The SMILES string of the molecule is Cc1cc2c3cc(C)cc(c3c1)COCOCc1cc(C)cc3c(cc(C)cc13)COCOCc1cc(C)cc3c(cc(C)cc13)COCOC2. The van der Waals surface area contributed by atoms with Crippen LogP contribution in [0.3, 0.4) is 0 Å². The molecule has 0 saturated carbocycles. The van der Waals surface area contributed by atoms with Crippen LogP contribution in [0.2, 0.25) is 0 Å². The molecule has 0 fully saturated rings. The van der Waals surface area contributed by atoms with Gasteiger partial charge in [-0.1, -0.05) is 106 Å². The molecule has 7 rings (SSSR count). The summed E-state index contributed by atoms with van der Waals surface area (Å²) in [6.07, 6.45) is 0. The summed E-state index contributed by atoms with van der Waals surface area (Å²) in [5, 5.41) is 7.05. The summed E-state index contributed by atoms with van der Waals surface area (Å²) in [4.78, 5) is 0. The molecule has 0 amide bonds. The fourth-order valence-electron chi connectivity index (χ4n) is 7.60. The predicted octanol–water partition coefficient (Wildman–Crippen LogP) is 10.4. The van der Waals surface area contributed by atoms with E-state index in [2.05, 4.69) is 114 Å². The van der Waals surface area contributed by atoms with E-state index in [-0.39, 0.29) is 20.4 Å². The van der Waals surface area contributed by atoms with E-state index in [0.29, 0.717) is 39.6 Å². The first-order valence-electron chi connectivity index (χ1n) is 17.8. The molecule has 0 unspecified atom stereocenters. The summed E-state index contributed by atoms with van der Waals surface area (Å²) in [7, 11) is 0. The van der Waals surface area contributed by atoms with E-state index in [1.807, 2.05) is 0 Å². The van der Waals surface area contributed by atoms with Crippen LogP contribution in [0, 0.1) is 41.5 Å². The normalized spacial score (nSPS) is 15.6. The van der Waals surface area contributed by atoms with E-state index in [1.54, 1.807) is 0 Å². The Hall–Kier alpha value is -4.14. The molecule has 1 heterocycles. The molecule has 0 aliphatic carbocycles. The molecule has 264 valence electrons. The number of ether oxygens (including phenoxy) is 6. The van der Waals surface area contributed by atoms with Crippen LogP contribution in [0.4, 0.5) is 0 Å². The van der Waals surface area contributed by atoms with E-state index < -0.39 is 0 Å². The van der Waals surface area contributed by atoms with Crippen LogP contribution in [0.15, 0.2) is 72.8 Å². The molecular weight excluding hydrogens is 636 g/mol. The van der Waals surface area contributed by atoms with Crippen molar-refractivity contribution in [3.8, 4) is 0 Å². The van der Waals surface area contributed by atoms with Crippen molar-refractivity contribution >= 4 is 32.3 Å². The minimum absolute atomic E-state index is 0.193.